The van der Waals surface area contributed by atoms with Gasteiger partial charge in [0.05, 0.1) is 19.1 Å². The summed E-state index contributed by atoms with van der Waals surface area (Å²) >= 11 is 0. The number of aromatic nitrogens is 6. The lowest BCUT2D eigenvalue weighted by Crippen LogP contribution is -2.13. The number of ether oxygens (including phenoxy) is 1. The van der Waals surface area contributed by atoms with E-state index in [2.05, 4.69) is 20.2 Å². The van der Waals surface area contributed by atoms with Gasteiger partial charge in [-0.3, -0.25) is 5.10 Å². The van der Waals surface area contributed by atoms with Gasteiger partial charge in [-0.25, -0.2) is 23.7 Å². The summed E-state index contributed by atoms with van der Waals surface area (Å²) in [6, 6.07) is 3.49. The van der Waals surface area contributed by atoms with E-state index in [0.717, 1.165) is 35.7 Å². The molecule has 162 valence electrons. The molecule has 7 nitrogen and oxygen atoms in total. The van der Waals surface area contributed by atoms with Crippen LogP contribution in [0.15, 0.2) is 36.8 Å². The highest BCUT2D eigenvalue weighted by Crippen LogP contribution is 2.43. The summed E-state index contributed by atoms with van der Waals surface area (Å²) in [4.78, 5) is 13.7. The van der Waals surface area contributed by atoms with Gasteiger partial charge in [0.15, 0.2) is 11.5 Å². The molecule has 9 heteroatoms. The van der Waals surface area contributed by atoms with Crippen molar-refractivity contribution >= 4 is 16.7 Å². The van der Waals surface area contributed by atoms with E-state index in [1.54, 1.807) is 17.9 Å². The molecule has 1 unspecified atom stereocenters. The molecule has 2 aliphatic rings. The maximum absolute atomic E-state index is 14.7. The fourth-order valence-electron chi connectivity index (χ4n) is 4.28. The molecule has 32 heavy (non-hydrogen) atoms. The minimum Gasteiger partial charge on any atom is -0.369 e. The molecule has 0 spiro atoms. The SMILES string of the molecule is Cn1cnc2nc(C3=CC(c4cn[nH]c4C4CC4)OCC3)nc(-c3ccc(F)cc3F)c21. The zero-order valence-corrected chi connectivity index (χ0v) is 17.3. The molecular formula is C23H20F2N6O. The second-order valence-electron chi connectivity index (χ2n) is 8.29. The summed E-state index contributed by atoms with van der Waals surface area (Å²) in [6.07, 6.45) is 8.13. The van der Waals surface area contributed by atoms with Gasteiger partial charge in [0.25, 0.3) is 0 Å². The molecule has 1 atom stereocenters. The Bertz CT molecular complexity index is 1370. The Kier molecular flexibility index (Phi) is 4.39. The van der Waals surface area contributed by atoms with Crippen LogP contribution in [0.1, 0.15) is 48.4 Å². The highest BCUT2D eigenvalue weighted by atomic mass is 19.1. The summed E-state index contributed by atoms with van der Waals surface area (Å²) in [5.74, 6) is -0.324. The first-order chi connectivity index (χ1) is 15.6. The number of hydrogen-bond acceptors (Lipinski definition) is 5. The Morgan fingerprint density at radius 2 is 2.06 bits per heavy atom. The zero-order chi connectivity index (χ0) is 21.8. The number of fused-ring (bicyclic) bond motifs is 1. The first-order valence-corrected chi connectivity index (χ1v) is 10.6. The van der Waals surface area contributed by atoms with Crippen molar-refractivity contribution in [1.82, 2.24) is 29.7 Å². The molecular weight excluding hydrogens is 414 g/mol. The Labute approximate surface area is 182 Å². The topological polar surface area (TPSA) is 81.5 Å². The third-order valence-electron chi connectivity index (χ3n) is 6.06. The Hall–Kier alpha value is -3.46. The standard InChI is InChI=1S/C23H20F2N6O/c1-31-11-26-23-21(31)20(15-5-4-14(24)9-17(15)25)28-22(29-23)13-6-7-32-18(8-13)16-10-27-30-19(16)12-2-3-12/h4-5,8-12,18H,2-3,6-7H2,1H3,(H,27,30). The molecule has 0 bridgehead atoms. The molecule has 0 radical (unpaired) electrons. The van der Waals surface area contributed by atoms with Crippen molar-refractivity contribution in [2.45, 2.75) is 31.3 Å². The van der Waals surface area contributed by atoms with Crippen molar-refractivity contribution < 1.29 is 13.5 Å². The largest absolute Gasteiger partial charge is 0.369 e. The molecule has 1 aromatic carbocycles. The van der Waals surface area contributed by atoms with Gasteiger partial charge in [-0.2, -0.15) is 5.10 Å². The molecule has 0 amide bonds. The van der Waals surface area contributed by atoms with E-state index >= 15 is 0 Å². The molecule has 1 N–H and O–H groups in total. The Morgan fingerprint density at radius 3 is 2.88 bits per heavy atom. The van der Waals surface area contributed by atoms with Gasteiger partial charge >= 0.3 is 0 Å². The second-order valence-corrected chi connectivity index (χ2v) is 8.29. The Balaban J connectivity index is 1.47. The van der Waals surface area contributed by atoms with E-state index < -0.39 is 11.6 Å². The number of halogens is 2. The maximum atomic E-state index is 14.7. The summed E-state index contributed by atoms with van der Waals surface area (Å²) < 4.78 is 36.0. The van der Waals surface area contributed by atoms with Crippen LogP contribution in [0.5, 0.6) is 0 Å². The monoisotopic (exact) mass is 434 g/mol. The van der Waals surface area contributed by atoms with Gasteiger partial charge < -0.3 is 9.30 Å². The highest BCUT2D eigenvalue weighted by molar-refractivity contribution is 5.89. The number of imidazole rings is 1. The van der Waals surface area contributed by atoms with E-state index in [1.807, 2.05) is 12.3 Å². The summed E-state index contributed by atoms with van der Waals surface area (Å²) in [5, 5.41) is 7.33. The van der Waals surface area contributed by atoms with Crippen molar-refractivity contribution in [3.8, 4) is 11.3 Å². The first kappa shape index (κ1) is 19.2. The smallest absolute Gasteiger partial charge is 0.182 e. The minimum atomic E-state index is -0.677. The van der Waals surface area contributed by atoms with Crippen LogP contribution in [0.2, 0.25) is 0 Å². The molecule has 0 saturated heterocycles. The van der Waals surface area contributed by atoms with Gasteiger partial charge in [-0.1, -0.05) is 0 Å². The normalized spacial score (nSPS) is 18.8. The number of aryl methyl sites for hydroxylation is 1. The number of benzene rings is 1. The van der Waals surface area contributed by atoms with Crippen molar-refractivity contribution in [1.29, 1.82) is 0 Å². The van der Waals surface area contributed by atoms with Gasteiger partial charge in [0.2, 0.25) is 0 Å². The van der Waals surface area contributed by atoms with Crippen molar-refractivity contribution in [2.75, 3.05) is 6.61 Å². The van der Waals surface area contributed by atoms with Gasteiger partial charge in [-0.05, 0) is 43.0 Å². The quantitative estimate of drug-likeness (QED) is 0.513. The summed E-state index contributed by atoms with van der Waals surface area (Å²) in [6.45, 7) is 0.510. The lowest BCUT2D eigenvalue weighted by molar-refractivity contribution is 0.0820. The van der Waals surface area contributed by atoms with Gasteiger partial charge in [0, 0.05) is 35.9 Å². The van der Waals surface area contributed by atoms with Crippen LogP contribution in [0.4, 0.5) is 8.78 Å². The van der Waals surface area contributed by atoms with Crippen LogP contribution in [0.25, 0.3) is 28.0 Å². The fourth-order valence-corrected chi connectivity index (χ4v) is 4.28. The number of H-pyrrole nitrogens is 1. The molecule has 4 heterocycles. The van der Waals surface area contributed by atoms with Crippen molar-refractivity contribution in [3.63, 3.8) is 0 Å². The van der Waals surface area contributed by atoms with E-state index in [0.29, 0.717) is 41.6 Å². The minimum absolute atomic E-state index is 0.207. The van der Waals surface area contributed by atoms with E-state index in [-0.39, 0.29) is 11.7 Å². The highest BCUT2D eigenvalue weighted by Gasteiger charge is 2.31. The predicted octanol–water partition coefficient (Wildman–Crippen LogP) is 4.45. The maximum Gasteiger partial charge on any atom is 0.182 e. The van der Waals surface area contributed by atoms with Crippen molar-refractivity contribution in [2.24, 2.45) is 7.05 Å². The van der Waals surface area contributed by atoms with Crippen LogP contribution >= 0.6 is 0 Å². The molecule has 1 aliphatic heterocycles. The molecule has 1 aliphatic carbocycles. The first-order valence-electron chi connectivity index (χ1n) is 10.6. The number of nitrogens with zero attached hydrogens (tertiary/aromatic N) is 5. The average molecular weight is 434 g/mol. The number of nitrogens with one attached hydrogen (secondary N) is 1. The second kappa shape index (κ2) is 7.30. The van der Waals surface area contributed by atoms with E-state index in [9.17, 15) is 8.78 Å². The third-order valence-corrected chi connectivity index (χ3v) is 6.06. The average Bonchev–Trinajstić information content (AvgIpc) is 3.40. The molecule has 3 aromatic heterocycles. The lowest BCUT2D eigenvalue weighted by Gasteiger charge is -2.22. The number of aromatic amines is 1. The van der Waals surface area contributed by atoms with Crippen LogP contribution in [0.3, 0.4) is 0 Å². The third kappa shape index (κ3) is 3.20. The lowest BCUT2D eigenvalue weighted by atomic mass is 10.0. The number of hydrogen-bond donors (Lipinski definition) is 1. The van der Waals surface area contributed by atoms with Crippen LogP contribution in [-0.4, -0.2) is 36.3 Å². The summed E-state index contributed by atoms with van der Waals surface area (Å²) in [7, 11) is 1.80. The zero-order valence-electron chi connectivity index (χ0n) is 17.3. The van der Waals surface area contributed by atoms with Crippen LogP contribution in [-0.2, 0) is 11.8 Å². The predicted molar refractivity (Wildman–Crippen MR) is 114 cm³/mol. The van der Waals surface area contributed by atoms with Crippen molar-refractivity contribution in [3.05, 3.63) is 65.5 Å². The van der Waals surface area contributed by atoms with E-state index in [4.69, 9.17) is 9.72 Å². The number of rotatable bonds is 4. The van der Waals surface area contributed by atoms with Crippen LogP contribution < -0.4 is 0 Å². The molecule has 1 fully saturated rings. The molecule has 6 rings (SSSR count). The van der Waals surface area contributed by atoms with Gasteiger partial charge in [0.1, 0.15) is 28.9 Å². The molecule has 1 saturated carbocycles. The van der Waals surface area contributed by atoms with Gasteiger partial charge in [-0.15, -0.1) is 0 Å². The van der Waals surface area contributed by atoms with Crippen LogP contribution in [0, 0.1) is 11.6 Å². The molecule has 4 aromatic rings. The fraction of sp³-hybridized carbons (Fsp3) is 0.304. The summed E-state index contributed by atoms with van der Waals surface area (Å²) in [5.41, 5.74) is 4.71. The Morgan fingerprint density at radius 1 is 1.19 bits per heavy atom. The van der Waals surface area contributed by atoms with E-state index in [1.165, 1.54) is 12.1 Å².